The van der Waals surface area contributed by atoms with E-state index in [-0.39, 0.29) is 5.92 Å². The molecular weight excluding hydrogens is 194 g/mol. The Morgan fingerprint density at radius 2 is 2.00 bits per heavy atom. The highest BCUT2D eigenvalue weighted by molar-refractivity contribution is 5.72. The van der Waals surface area contributed by atoms with E-state index >= 15 is 0 Å². The first-order chi connectivity index (χ1) is 7.18. The van der Waals surface area contributed by atoms with Crippen molar-refractivity contribution in [3.05, 3.63) is 12.2 Å². The molecule has 1 saturated heterocycles. The Morgan fingerprint density at radius 1 is 1.33 bits per heavy atom. The predicted octanol–water partition coefficient (Wildman–Crippen LogP) is 0.472. The van der Waals surface area contributed by atoms with Crippen LogP contribution in [0.5, 0.6) is 0 Å². The summed E-state index contributed by atoms with van der Waals surface area (Å²) in [4.78, 5) is 13.0. The van der Waals surface area contributed by atoms with E-state index < -0.39 is 12.1 Å². The Morgan fingerprint density at radius 3 is 2.60 bits per heavy atom. The molecule has 4 nitrogen and oxygen atoms in total. The van der Waals surface area contributed by atoms with Gasteiger partial charge in [0, 0.05) is 12.0 Å². The summed E-state index contributed by atoms with van der Waals surface area (Å²) in [6.07, 6.45) is 5.86. The second kappa shape index (κ2) is 4.33. The molecule has 0 aromatic rings. The first-order valence-electron chi connectivity index (χ1n) is 5.52. The largest absolute Gasteiger partial charge is 0.479 e. The molecule has 0 aromatic heterocycles. The van der Waals surface area contributed by atoms with E-state index in [1.807, 2.05) is 12.2 Å². The lowest BCUT2D eigenvalue weighted by Crippen LogP contribution is -2.33. The van der Waals surface area contributed by atoms with Gasteiger partial charge in [0.1, 0.15) is 0 Å². The van der Waals surface area contributed by atoms with Crippen molar-refractivity contribution < 1.29 is 15.0 Å². The van der Waals surface area contributed by atoms with Crippen molar-refractivity contribution in [3.63, 3.8) is 0 Å². The number of nitrogens with zero attached hydrogens (tertiary/aromatic N) is 1. The molecule has 3 atom stereocenters. The molecule has 0 radical (unpaired) electrons. The second-order valence-corrected chi connectivity index (χ2v) is 4.38. The van der Waals surface area contributed by atoms with E-state index in [1.54, 1.807) is 0 Å². The van der Waals surface area contributed by atoms with Crippen LogP contribution >= 0.6 is 0 Å². The van der Waals surface area contributed by atoms with Gasteiger partial charge in [-0.1, -0.05) is 12.2 Å². The molecule has 2 rings (SSSR count). The molecule has 0 saturated carbocycles. The van der Waals surface area contributed by atoms with Crippen LogP contribution in [0.3, 0.4) is 0 Å². The minimum Gasteiger partial charge on any atom is -0.479 e. The van der Waals surface area contributed by atoms with Gasteiger partial charge in [-0.25, -0.2) is 4.79 Å². The number of hydrogen-bond donors (Lipinski definition) is 2. The standard InChI is InChI=1S/C11H17NO3/c13-10(11(14)15)8-3-4-9(7-8)12-5-1-2-6-12/h3-4,8-10,13H,1-2,5-7H2,(H,14,15)/t8-,9+,10+/m1/s1. The topological polar surface area (TPSA) is 60.8 Å². The quantitative estimate of drug-likeness (QED) is 0.666. The van der Waals surface area contributed by atoms with Gasteiger partial charge in [0.25, 0.3) is 0 Å². The van der Waals surface area contributed by atoms with Gasteiger partial charge in [0.15, 0.2) is 6.10 Å². The van der Waals surface area contributed by atoms with Gasteiger partial charge in [-0.3, -0.25) is 4.90 Å². The summed E-state index contributed by atoms with van der Waals surface area (Å²) in [5, 5.41) is 18.1. The van der Waals surface area contributed by atoms with Crippen molar-refractivity contribution in [1.82, 2.24) is 4.90 Å². The molecule has 4 heteroatoms. The molecule has 15 heavy (non-hydrogen) atoms. The van der Waals surface area contributed by atoms with E-state index in [9.17, 15) is 9.90 Å². The maximum atomic E-state index is 10.6. The van der Waals surface area contributed by atoms with Crippen molar-refractivity contribution in [2.24, 2.45) is 5.92 Å². The smallest absolute Gasteiger partial charge is 0.333 e. The molecule has 1 aliphatic carbocycles. The summed E-state index contributed by atoms with van der Waals surface area (Å²) >= 11 is 0. The molecule has 2 N–H and O–H groups in total. The Bertz CT molecular complexity index is 271. The minimum atomic E-state index is -1.24. The van der Waals surface area contributed by atoms with Gasteiger partial charge in [-0.15, -0.1) is 0 Å². The van der Waals surface area contributed by atoms with Crippen LogP contribution in [-0.4, -0.2) is 46.3 Å². The zero-order valence-corrected chi connectivity index (χ0v) is 8.67. The molecule has 2 aliphatic rings. The molecule has 0 spiro atoms. The number of aliphatic carboxylic acids is 1. The Kier molecular flexibility index (Phi) is 3.07. The van der Waals surface area contributed by atoms with E-state index in [4.69, 9.17) is 5.11 Å². The normalized spacial score (nSPS) is 33.4. The van der Waals surface area contributed by atoms with Crippen molar-refractivity contribution >= 4 is 5.97 Å². The van der Waals surface area contributed by atoms with Gasteiger partial charge in [0.05, 0.1) is 0 Å². The fourth-order valence-electron chi connectivity index (χ4n) is 2.47. The maximum absolute atomic E-state index is 10.6. The van der Waals surface area contributed by atoms with E-state index in [1.165, 1.54) is 12.8 Å². The summed E-state index contributed by atoms with van der Waals surface area (Å²) < 4.78 is 0. The van der Waals surface area contributed by atoms with Crippen LogP contribution in [-0.2, 0) is 4.79 Å². The summed E-state index contributed by atoms with van der Waals surface area (Å²) in [5.74, 6) is -1.33. The van der Waals surface area contributed by atoms with Crippen molar-refractivity contribution in [1.29, 1.82) is 0 Å². The molecule has 84 valence electrons. The number of carboxylic acids is 1. The SMILES string of the molecule is O=C(O)[C@@H](O)[C@@H]1C=C[C@H](N2CCCC2)C1. The molecule has 0 amide bonds. The van der Waals surface area contributed by atoms with Gasteiger partial charge >= 0.3 is 5.97 Å². The van der Waals surface area contributed by atoms with Crippen molar-refractivity contribution in [2.45, 2.75) is 31.4 Å². The second-order valence-electron chi connectivity index (χ2n) is 4.38. The van der Waals surface area contributed by atoms with Gasteiger partial charge < -0.3 is 10.2 Å². The van der Waals surface area contributed by atoms with Crippen LogP contribution in [0.2, 0.25) is 0 Å². The lowest BCUT2D eigenvalue weighted by Gasteiger charge is -2.23. The highest BCUT2D eigenvalue weighted by atomic mass is 16.4. The number of aliphatic hydroxyl groups excluding tert-OH is 1. The van der Waals surface area contributed by atoms with Crippen LogP contribution < -0.4 is 0 Å². The summed E-state index contributed by atoms with van der Waals surface area (Å²) in [6, 6.07) is 0.339. The van der Waals surface area contributed by atoms with E-state index in [0.29, 0.717) is 6.04 Å². The molecule has 0 bridgehead atoms. The summed E-state index contributed by atoms with van der Waals surface area (Å²) in [7, 11) is 0. The number of likely N-dealkylation sites (tertiary alicyclic amines) is 1. The highest BCUT2D eigenvalue weighted by Crippen LogP contribution is 2.27. The van der Waals surface area contributed by atoms with Crippen LogP contribution in [0.1, 0.15) is 19.3 Å². The molecule has 1 fully saturated rings. The summed E-state index contributed by atoms with van der Waals surface area (Å²) in [6.45, 7) is 2.20. The summed E-state index contributed by atoms with van der Waals surface area (Å²) in [5.41, 5.74) is 0. The number of hydrogen-bond acceptors (Lipinski definition) is 3. The zero-order chi connectivity index (χ0) is 10.8. The molecule has 0 aromatic carbocycles. The number of rotatable bonds is 3. The molecular formula is C11H17NO3. The van der Waals surface area contributed by atoms with Crippen LogP contribution in [0.25, 0.3) is 0 Å². The van der Waals surface area contributed by atoms with Crippen molar-refractivity contribution in [3.8, 4) is 0 Å². The Labute approximate surface area is 89.2 Å². The van der Waals surface area contributed by atoms with Crippen LogP contribution in [0, 0.1) is 5.92 Å². The average Bonchev–Trinajstić information content (AvgIpc) is 2.86. The monoisotopic (exact) mass is 211 g/mol. The fourth-order valence-corrected chi connectivity index (χ4v) is 2.47. The lowest BCUT2D eigenvalue weighted by atomic mass is 10.0. The average molecular weight is 211 g/mol. The number of aliphatic hydroxyl groups is 1. The first-order valence-corrected chi connectivity index (χ1v) is 5.52. The molecule has 0 unspecified atom stereocenters. The third-order valence-corrected chi connectivity index (χ3v) is 3.36. The zero-order valence-electron chi connectivity index (χ0n) is 8.67. The molecule has 1 aliphatic heterocycles. The third kappa shape index (κ3) is 2.21. The third-order valence-electron chi connectivity index (χ3n) is 3.36. The van der Waals surface area contributed by atoms with Gasteiger partial charge in [0.2, 0.25) is 0 Å². The predicted molar refractivity (Wildman–Crippen MR) is 55.5 cm³/mol. The van der Waals surface area contributed by atoms with E-state index in [0.717, 1.165) is 19.5 Å². The van der Waals surface area contributed by atoms with Crippen LogP contribution in [0.4, 0.5) is 0 Å². The minimum absolute atomic E-state index is 0.215. The van der Waals surface area contributed by atoms with Gasteiger partial charge in [-0.05, 0) is 32.4 Å². The first kappa shape index (κ1) is 10.6. The molecule has 1 heterocycles. The van der Waals surface area contributed by atoms with E-state index in [2.05, 4.69) is 4.90 Å². The van der Waals surface area contributed by atoms with Crippen molar-refractivity contribution in [2.75, 3.05) is 13.1 Å². The number of carbonyl (C=O) groups is 1. The van der Waals surface area contributed by atoms with Crippen LogP contribution in [0.15, 0.2) is 12.2 Å². The maximum Gasteiger partial charge on any atom is 0.333 e. The Hall–Kier alpha value is -0.870. The number of carboxylic acid groups (broad SMARTS) is 1. The fraction of sp³-hybridized carbons (Fsp3) is 0.727. The lowest BCUT2D eigenvalue weighted by molar-refractivity contribution is -0.148. The highest BCUT2D eigenvalue weighted by Gasteiger charge is 2.32. The Balaban J connectivity index is 1.89. The van der Waals surface area contributed by atoms with Gasteiger partial charge in [-0.2, -0.15) is 0 Å².